The molecule has 8 nitrogen and oxygen atoms in total. The molecule has 9 heteroatoms. The number of nitrogens with one attached hydrogen (secondary N) is 2. The summed E-state index contributed by atoms with van der Waals surface area (Å²) in [5.74, 6) is 0.315. The van der Waals surface area contributed by atoms with Gasteiger partial charge in [0.15, 0.2) is 0 Å². The van der Waals surface area contributed by atoms with Crippen molar-refractivity contribution >= 4 is 27.5 Å². The summed E-state index contributed by atoms with van der Waals surface area (Å²) < 4.78 is 27.0. The summed E-state index contributed by atoms with van der Waals surface area (Å²) in [6, 6.07) is 5.63. The highest BCUT2D eigenvalue weighted by molar-refractivity contribution is 7.89. The molecule has 1 aliphatic heterocycles. The van der Waals surface area contributed by atoms with Gasteiger partial charge in [0.25, 0.3) is 0 Å². The van der Waals surface area contributed by atoms with Crippen molar-refractivity contribution in [2.75, 3.05) is 31.5 Å². The third-order valence-electron chi connectivity index (χ3n) is 6.33. The van der Waals surface area contributed by atoms with Crippen LogP contribution in [0.3, 0.4) is 0 Å². The second-order valence-corrected chi connectivity index (χ2v) is 10.9. The van der Waals surface area contributed by atoms with Gasteiger partial charge in [0, 0.05) is 43.8 Å². The molecule has 3 rings (SSSR count). The SMILES string of the molecule is CC(C)NS(=O)(=O)c1ccc(NC(=O)C(C)N2CCN(C(=O)C3CCCCC3)CC2)cc1. The Morgan fingerprint density at radius 3 is 2.09 bits per heavy atom. The monoisotopic (exact) mass is 464 g/mol. The van der Waals surface area contributed by atoms with E-state index < -0.39 is 10.0 Å². The molecule has 0 aromatic heterocycles. The van der Waals surface area contributed by atoms with E-state index in [-0.39, 0.29) is 34.7 Å². The molecule has 1 saturated heterocycles. The van der Waals surface area contributed by atoms with Crippen molar-refractivity contribution in [2.45, 2.75) is 69.9 Å². The highest BCUT2D eigenvalue weighted by atomic mass is 32.2. The molecule has 2 amide bonds. The molecular weight excluding hydrogens is 428 g/mol. The predicted molar refractivity (Wildman–Crippen MR) is 125 cm³/mol. The third-order valence-corrected chi connectivity index (χ3v) is 8.00. The molecule has 1 aromatic rings. The molecule has 1 saturated carbocycles. The first-order valence-electron chi connectivity index (χ1n) is 11.6. The van der Waals surface area contributed by atoms with Gasteiger partial charge in [0.05, 0.1) is 10.9 Å². The zero-order valence-electron chi connectivity index (χ0n) is 19.3. The molecule has 0 spiro atoms. The lowest BCUT2D eigenvalue weighted by molar-refractivity contribution is -0.139. The first-order chi connectivity index (χ1) is 15.2. The quantitative estimate of drug-likeness (QED) is 0.646. The number of piperazine rings is 1. The second kappa shape index (κ2) is 10.8. The first-order valence-corrected chi connectivity index (χ1v) is 13.1. The highest BCUT2D eigenvalue weighted by Gasteiger charge is 2.31. The van der Waals surface area contributed by atoms with E-state index in [1.807, 2.05) is 11.8 Å². The summed E-state index contributed by atoms with van der Waals surface area (Å²) in [5, 5.41) is 2.87. The maximum Gasteiger partial charge on any atom is 0.241 e. The molecule has 2 aliphatic rings. The highest BCUT2D eigenvalue weighted by Crippen LogP contribution is 2.26. The number of rotatable bonds is 7. The fourth-order valence-corrected chi connectivity index (χ4v) is 5.70. The number of hydrogen-bond acceptors (Lipinski definition) is 5. The molecular formula is C23H36N4O4S. The number of sulfonamides is 1. The van der Waals surface area contributed by atoms with E-state index in [0.29, 0.717) is 31.9 Å². The van der Waals surface area contributed by atoms with Crippen molar-refractivity contribution in [3.05, 3.63) is 24.3 Å². The van der Waals surface area contributed by atoms with Crippen LogP contribution in [0, 0.1) is 5.92 Å². The van der Waals surface area contributed by atoms with Gasteiger partial charge in [0.2, 0.25) is 21.8 Å². The topological polar surface area (TPSA) is 98.8 Å². The molecule has 1 heterocycles. The summed E-state index contributed by atoms with van der Waals surface area (Å²) in [7, 11) is -3.56. The van der Waals surface area contributed by atoms with Crippen LogP contribution in [0.4, 0.5) is 5.69 Å². The van der Waals surface area contributed by atoms with E-state index in [9.17, 15) is 18.0 Å². The number of anilines is 1. The Morgan fingerprint density at radius 1 is 0.938 bits per heavy atom. The zero-order chi connectivity index (χ0) is 23.3. The minimum atomic E-state index is -3.56. The van der Waals surface area contributed by atoms with E-state index >= 15 is 0 Å². The Morgan fingerprint density at radius 2 is 1.53 bits per heavy atom. The lowest BCUT2D eigenvalue weighted by atomic mass is 9.88. The molecule has 0 radical (unpaired) electrons. The van der Waals surface area contributed by atoms with Gasteiger partial charge in [-0.15, -0.1) is 0 Å². The van der Waals surface area contributed by atoms with Crippen molar-refractivity contribution in [1.82, 2.24) is 14.5 Å². The van der Waals surface area contributed by atoms with Crippen LogP contribution in [0.25, 0.3) is 0 Å². The Kier molecular flexibility index (Phi) is 8.30. The first kappa shape index (κ1) is 24.7. The number of benzene rings is 1. The molecule has 2 fully saturated rings. The third kappa shape index (κ3) is 6.30. The van der Waals surface area contributed by atoms with Gasteiger partial charge in [-0.2, -0.15) is 0 Å². The van der Waals surface area contributed by atoms with Crippen LogP contribution in [0.15, 0.2) is 29.2 Å². The molecule has 2 N–H and O–H groups in total. The van der Waals surface area contributed by atoms with Crippen molar-refractivity contribution in [3.63, 3.8) is 0 Å². The van der Waals surface area contributed by atoms with Crippen LogP contribution in [0.5, 0.6) is 0 Å². The van der Waals surface area contributed by atoms with Gasteiger partial charge < -0.3 is 10.2 Å². The molecule has 32 heavy (non-hydrogen) atoms. The minimum absolute atomic E-state index is 0.145. The van der Waals surface area contributed by atoms with Gasteiger partial charge in [-0.25, -0.2) is 13.1 Å². The van der Waals surface area contributed by atoms with Crippen LogP contribution >= 0.6 is 0 Å². The van der Waals surface area contributed by atoms with Crippen LogP contribution in [0.1, 0.15) is 52.9 Å². The smallest absolute Gasteiger partial charge is 0.241 e. The molecule has 1 aromatic carbocycles. The number of amides is 2. The Labute approximate surface area is 191 Å². The maximum absolute atomic E-state index is 12.7. The van der Waals surface area contributed by atoms with Gasteiger partial charge in [-0.3, -0.25) is 14.5 Å². The largest absolute Gasteiger partial charge is 0.340 e. The molecule has 1 unspecified atom stereocenters. The van der Waals surface area contributed by atoms with Crippen molar-refractivity contribution < 1.29 is 18.0 Å². The molecule has 0 bridgehead atoms. The summed E-state index contributed by atoms with van der Waals surface area (Å²) in [6.07, 6.45) is 5.54. The fraction of sp³-hybridized carbons (Fsp3) is 0.652. The van der Waals surface area contributed by atoms with Gasteiger partial charge in [0.1, 0.15) is 0 Å². The van der Waals surface area contributed by atoms with E-state index in [1.165, 1.54) is 18.6 Å². The molecule has 1 atom stereocenters. The summed E-state index contributed by atoms with van der Waals surface area (Å²) in [6.45, 7) is 8.04. The average molecular weight is 465 g/mol. The molecule has 1 aliphatic carbocycles. The average Bonchev–Trinajstić information content (AvgIpc) is 2.78. The van der Waals surface area contributed by atoms with Crippen LogP contribution < -0.4 is 10.0 Å². The van der Waals surface area contributed by atoms with Crippen molar-refractivity contribution in [3.8, 4) is 0 Å². The normalized spacial score (nSPS) is 19.7. The van der Waals surface area contributed by atoms with Gasteiger partial charge >= 0.3 is 0 Å². The van der Waals surface area contributed by atoms with Crippen LogP contribution in [0.2, 0.25) is 0 Å². The standard InChI is InChI=1S/C23H36N4O4S/c1-17(2)25-32(30,31)21-11-9-20(10-12-21)24-22(28)18(3)26-13-15-27(16-14-26)23(29)19-7-5-4-6-8-19/h9-12,17-19,25H,4-8,13-16H2,1-3H3,(H,24,28). The summed E-state index contributed by atoms with van der Waals surface area (Å²) in [5.41, 5.74) is 0.552. The Balaban J connectivity index is 1.50. The number of nitrogens with zero attached hydrogens (tertiary/aromatic N) is 2. The molecule has 178 valence electrons. The van der Waals surface area contributed by atoms with Crippen LogP contribution in [-0.4, -0.2) is 68.3 Å². The van der Waals surface area contributed by atoms with E-state index in [2.05, 4.69) is 14.9 Å². The van der Waals surface area contributed by atoms with Gasteiger partial charge in [-0.1, -0.05) is 19.3 Å². The number of hydrogen-bond donors (Lipinski definition) is 2. The maximum atomic E-state index is 12.7. The lowest BCUT2D eigenvalue weighted by Crippen LogP contribution is -2.55. The number of carbonyl (C=O) groups excluding carboxylic acids is 2. The van der Waals surface area contributed by atoms with Crippen molar-refractivity contribution in [2.24, 2.45) is 5.92 Å². The lowest BCUT2D eigenvalue weighted by Gasteiger charge is -2.39. The van der Waals surface area contributed by atoms with E-state index in [4.69, 9.17) is 0 Å². The van der Waals surface area contributed by atoms with Crippen molar-refractivity contribution in [1.29, 1.82) is 0 Å². The predicted octanol–water partition coefficient (Wildman–Crippen LogP) is 2.42. The van der Waals surface area contributed by atoms with Crippen LogP contribution in [-0.2, 0) is 19.6 Å². The number of carbonyl (C=O) groups is 2. The summed E-state index contributed by atoms with van der Waals surface area (Å²) >= 11 is 0. The Hall–Kier alpha value is -1.97. The van der Waals surface area contributed by atoms with E-state index in [0.717, 1.165) is 25.7 Å². The van der Waals surface area contributed by atoms with E-state index in [1.54, 1.807) is 26.0 Å². The summed E-state index contributed by atoms with van der Waals surface area (Å²) in [4.78, 5) is 29.7. The second-order valence-electron chi connectivity index (χ2n) is 9.16. The fourth-order valence-electron chi connectivity index (χ4n) is 4.45. The van der Waals surface area contributed by atoms with Gasteiger partial charge in [-0.05, 0) is 57.9 Å². The minimum Gasteiger partial charge on any atom is -0.340 e. The zero-order valence-corrected chi connectivity index (χ0v) is 20.2. The Bertz CT molecular complexity index is 887.